The van der Waals surface area contributed by atoms with E-state index in [4.69, 9.17) is 5.21 Å². The lowest BCUT2D eigenvalue weighted by atomic mass is 10.1. The standard InChI is InChI=1S/C20H24N4O2/c1-16(14-17-5-7-18(8-6-17)20(25)22-26)15-23-10-12-24(13-11-23)19-4-2-3-9-21-19/h2-9,14,26H,10-13,15H2,1H3,(H,22,25)/b16-14+. The van der Waals surface area contributed by atoms with Crippen LogP contribution in [0.1, 0.15) is 22.8 Å². The van der Waals surface area contributed by atoms with Gasteiger partial charge in [-0.25, -0.2) is 10.5 Å². The first-order valence-electron chi connectivity index (χ1n) is 8.76. The van der Waals surface area contributed by atoms with Crippen LogP contribution in [0.4, 0.5) is 5.82 Å². The number of anilines is 1. The fourth-order valence-corrected chi connectivity index (χ4v) is 3.15. The SMILES string of the molecule is C/C(=C\c1ccc(C(=O)NO)cc1)CN1CCN(c2ccccn2)CC1. The normalized spacial score (nSPS) is 15.8. The molecular formula is C20H24N4O2. The van der Waals surface area contributed by atoms with E-state index >= 15 is 0 Å². The molecule has 0 bridgehead atoms. The van der Waals surface area contributed by atoms with Crippen LogP contribution < -0.4 is 10.4 Å². The molecule has 1 aromatic heterocycles. The van der Waals surface area contributed by atoms with Crippen molar-refractivity contribution in [1.82, 2.24) is 15.4 Å². The predicted octanol–water partition coefficient (Wildman–Crippen LogP) is 2.43. The van der Waals surface area contributed by atoms with E-state index < -0.39 is 5.91 Å². The molecule has 2 aromatic rings. The summed E-state index contributed by atoms with van der Waals surface area (Å²) < 4.78 is 0. The zero-order chi connectivity index (χ0) is 18.4. The summed E-state index contributed by atoms with van der Waals surface area (Å²) in [6, 6.07) is 13.2. The third kappa shape index (κ3) is 4.68. The Balaban J connectivity index is 1.53. The molecule has 2 heterocycles. The summed E-state index contributed by atoms with van der Waals surface area (Å²) >= 11 is 0. The highest BCUT2D eigenvalue weighted by Gasteiger charge is 2.17. The first kappa shape index (κ1) is 18.1. The Morgan fingerprint density at radius 1 is 1.15 bits per heavy atom. The topological polar surface area (TPSA) is 68.7 Å². The largest absolute Gasteiger partial charge is 0.354 e. The van der Waals surface area contributed by atoms with Gasteiger partial charge >= 0.3 is 0 Å². The number of aromatic nitrogens is 1. The van der Waals surface area contributed by atoms with Crippen molar-refractivity contribution >= 4 is 17.8 Å². The highest BCUT2D eigenvalue weighted by Crippen LogP contribution is 2.15. The molecule has 136 valence electrons. The average molecular weight is 352 g/mol. The number of hydroxylamine groups is 1. The van der Waals surface area contributed by atoms with Gasteiger partial charge < -0.3 is 4.90 Å². The first-order chi connectivity index (χ1) is 12.7. The van der Waals surface area contributed by atoms with Crippen molar-refractivity contribution in [2.75, 3.05) is 37.6 Å². The molecule has 6 heteroatoms. The molecule has 0 radical (unpaired) electrons. The lowest BCUT2D eigenvalue weighted by Gasteiger charge is -2.35. The molecule has 1 aliphatic heterocycles. The molecule has 0 atom stereocenters. The Morgan fingerprint density at radius 3 is 2.50 bits per heavy atom. The number of benzene rings is 1. The molecule has 3 rings (SSSR count). The van der Waals surface area contributed by atoms with Crippen LogP contribution in [0.2, 0.25) is 0 Å². The van der Waals surface area contributed by atoms with Crippen LogP contribution in [0.5, 0.6) is 0 Å². The number of carbonyl (C=O) groups excluding carboxylic acids is 1. The quantitative estimate of drug-likeness (QED) is 0.639. The lowest BCUT2D eigenvalue weighted by molar-refractivity contribution is 0.0706. The van der Waals surface area contributed by atoms with E-state index in [0.717, 1.165) is 44.1 Å². The van der Waals surface area contributed by atoms with Gasteiger partial charge in [0.1, 0.15) is 5.82 Å². The van der Waals surface area contributed by atoms with Crippen LogP contribution in [0.25, 0.3) is 6.08 Å². The number of nitrogens with one attached hydrogen (secondary N) is 1. The number of piperazine rings is 1. The van der Waals surface area contributed by atoms with E-state index in [2.05, 4.69) is 33.8 Å². The maximum atomic E-state index is 11.3. The van der Waals surface area contributed by atoms with E-state index in [9.17, 15) is 4.79 Å². The van der Waals surface area contributed by atoms with E-state index in [-0.39, 0.29) is 0 Å². The zero-order valence-electron chi connectivity index (χ0n) is 14.9. The number of rotatable bonds is 5. The molecule has 1 saturated heterocycles. The molecule has 2 N–H and O–H groups in total. The van der Waals surface area contributed by atoms with Gasteiger partial charge in [-0.05, 0) is 36.8 Å². The summed E-state index contributed by atoms with van der Waals surface area (Å²) in [5.41, 5.74) is 4.40. The zero-order valence-corrected chi connectivity index (χ0v) is 14.9. The van der Waals surface area contributed by atoms with E-state index in [0.29, 0.717) is 5.56 Å². The predicted molar refractivity (Wildman–Crippen MR) is 102 cm³/mol. The third-order valence-electron chi connectivity index (χ3n) is 4.51. The molecule has 1 amide bonds. The molecule has 0 spiro atoms. The second-order valence-corrected chi connectivity index (χ2v) is 6.50. The molecule has 6 nitrogen and oxygen atoms in total. The van der Waals surface area contributed by atoms with Crippen molar-refractivity contribution in [3.05, 3.63) is 65.4 Å². The van der Waals surface area contributed by atoms with E-state index in [1.807, 2.05) is 30.5 Å². The summed E-state index contributed by atoms with van der Waals surface area (Å²) in [4.78, 5) is 20.5. The first-order valence-corrected chi connectivity index (χ1v) is 8.76. The molecule has 1 aromatic carbocycles. The number of hydrogen-bond donors (Lipinski definition) is 2. The van der Waals surface area contributed by atoms with Crippen LogP contribution in [-0.4, -0.2) is 53.7 Å². The Kier molecular flexibility index (Phi) is 5.99. The van der Waals surface area contributed by atoms with Crippen molar-refractivity contribution in [3.8, 4) is 0 Å². The number of carbonyl (C=O) groups is 1. The Labute approximate surface area is 153 Å². The van der Waals surface area contributed by atoms with E-state index in [1.165, 1.54) is 5.57 Å². The van der Waals surface area contributed by atoms with Crippen LogP contribution >= 0.6 is 0 Å². The minimum absolute atomic E-state index is 0.438. The summed E-state index contributed by atoms with van der Waals surface area (Å²) in [7, 11) is 0. The molecule has 26 heavy (non-hydrogen) atoms. The van der Waals surface area contributed by atoms with Gasteiger partial charge in [-0.2, -0.15) is 0 Å². The number of amides is 1. The monoisotopic (exact) mass is 352 g/mol. The van der Waals surface area contributed by atoms with Gasteiger partial charge in [0.05, 0.1) is 0 Å². The summed E-state index contributed by atoms with van der Waals surface area (Å²) in [5, 5.41) is 8.65. The van der Waals surface area contributed by atoms with Crippen LogP contribution in [0, 0.1) is 0 Å². The summed E-state index contributed by atoms with van der Waals surface area (Å²) in [6.45, 7) is 7.04. The average Bonchev–Trinajstić information content (AvgIpc) is 2.69. The third-order valence-corrected chi connectivity index (χ3v) is 4.51. The minimum atomic E-state index is -0.497. The molecule has 1 fully saturated rings. The highest BCUT2D eigenvalue weighted by molar-refractivity contribution is 5.93. The van der Waals surface area contributed by atoms with Gasteiger partial charge in [0, 0.05) is 44.5 Å². The van der Waals surface area contributed by atoms with Crippen molar-refractivity contribution < 1.29 is 10.0 Å². The van der Waals surface area contributed by atoms with E-state index in [1.54, 1.807) is 17.6 Å². The van der Waals surface area contributed by atoms with Gasteiger partial charge in [-0.3, -0.25) is 14.9 Å². The van der Waals surface area contributed by atoms with Crippen molar-refractivity contribution in [2.24, 2.45) is 0 Å². The molecule has 1 aliphatic rings. The van der Waals surface area contributed by atoms with Crippen LogP contribution in [0.15, 0.2) is 54.2 Å². The summed E-state index contributed by atoms with van der Waals surface area (Å²) in [5.74, 6) is 0.550. The number of hydrogen-bond acceptors (Lipinski definition) is 5. The van der Waals surface area contributed by atoms with Crippen molar-refractivity contribution in [3.63, 3.8) is 0 Å². The summed E-state index contributed by atoms with van der Waals surface area (Å²) in [6.07, 6.45) is 3.97. The van der Waals surface area contributed by atoms with Gasteiger partial charge in [-0.1, -0.05) is 29.8 Å². The Morgan fingerprint density at radius 2 is 1.88 bits per heavy atom. The number of nitrogens with zero attached hydrogens (tertiary/aromatic N) is 3. The van der Waals surface area contributed by atoms with Crippen molar-refractivity contribution in [2.45, 2.75) is 6.92 Å². The maximum absolute atomic E-state index is 11.3. The minimum Gasteiger partial charge on any atom is -0.354 e. The van der Waals surface area contributed by atoms with Gasteiger partial charge in [-0.15, -0.1) is 0 Å². The Hall–Kier alpha value is -2.70. The lowest BCUT2D eigenvalue weighted by Crippen LogP contribution is -2.47. The highest BCUT2D eigenvalue weighted by atomic mass is 16.5. The van der Waals surface area contributed by atoms with Crippen LogP contribution in [-0.2, 0) is 0 Å². The van der Waals surface area contributed by atoms with Gasteiger partial charge in [0.15, 0.2) is 0 Å². The molecule has 0 aliphatic carbocycles. The Bertz CT molecular complexity index is 751. The fourth-order valence-electron chi connectivity index (χ4n) is 3.15. The van der Waals surface area contributed by atoms with Gasteiger partial charge in [0.25, 0.3) is 5.91 Å². The fraction of sp³-hybridized carbons (Fsp3) is 0.300. The van der Waals surface area contributed by atoms with Gasteiger partial charge in [0.2, 0.25) is 0 Å². The second kappa shape index (κ2) is 8.60. The van der Waals surface area contributed by atoms with Crippen molar-refractivity contribution in [1.29, 1.82) is 0 Å². The van der Waals surface area contributed by atoms with Crippen LogP contribution in [0.3, 0.4) is 0 Å². The molecule has 0 saturated carbocycles. The molecule has 0 unspecified atom stereocenters. The maximum Gasteiger partial charge on any atom is 0.274 e. The second-order valence-electron chi connectivity index (χ2n) is 6.50. The number of pyridine rings is 1. The smallest absolute Gasteiger partial charge is 0.274 e. The molecular weight excluding hydrogens is 328 g/mol.